The minimum atomic E-state index is -0.625. The summed E-state index contributed by atoms with van der Waals surface area (Å²) in [5.41, 5.74) is 2.80. The number of nitrogens with one attached hydrogen (secondary N) is 1. The minimum Gasteiger partial charge on any atom is -0.454 e. The lowest BCUT2D eigenvalue weighted by Crippen LogP contribution is -2.47. The molecule has 6 nitrogen and oxygen atoms in total. The van der Waals surface area contributed by atoms with Gasteiger partial charge in [0.1, 0.15) is 6.04 Å². The highest BCUT2D eigenvalue weighted by molar-refractivity contribution is 5.88. The first kappa shape index (κ1) is 21.4. The SMILES string of the molecule is C[C@H](C(=O)NCc1ccc2c(c1)OCO2)N(Cc1ccccc1)C(=O)Cc1ccccc1. The van der Waals surface area contributed by atoms with E-state index in [9.17, 15) is 9.59 Å². The molecule has 0 aliphatic carbocycles. The lowest BCUT2D eigenvalue weighted by Gasteiger charge is -2.29. The number of rotatable bonds is 8. The van der Waals surface area contributed by atoms with Gasteiger partial charge in [0.25, 0.3) is 0 Å². The Hall–Kier alpha value is -3.80. The van der Waals surface area contributed by atoms with Crippen molar-refractivity contribution in [2.75, 3.05) is 6.79 Å². The van der Waals surface area contributed by atoms with Crippen molar-refractivity contribution in [2.24, 2.45) is 0 Å². The van der Waals surface area contributed by atoms with Crippen LogP contribution in [-0.2, 0) is 29.1 Å². The van der Waals surface area contributed by atoms with Crippen molar-refractivity contribution in [3.8, 4) is 11.5 Å². The Morgan fingerprint density at radius 1 is 0.875 bits per heavy atom. The highest BCUT2D eigenvalue weighted by atomic mass is 16.7. The molecule has 0 bridgehead atoms. The molecule has 0 aromatic heterocycles. The molecular formula is C26H26N2O4. The van der Waals surface area contributed by atoms with Gasteiger partial charge in [-0.25, -0.2) is 0 Å². The van der Waals surface area contributed by atoms with Gasteiger partial charge in [0, 0.05) is 13.1 Å². The lowest BCUT2D eigenvalue weighted by molar-refractivity contribution is -0.140. The monoisotopic (exact) mass is 430 g/mol. The van der Waals surface area contributed by atoms with Crippen molar-refractivity contribution < 1.29 is 19.1 Å². The van der Waals surface area contributed by atoms with E-state index in [0.717, 1.165) is 16.7 Å². The third kappa shape index (κ3) is 5.27. The smallest absolute Gasteiger partial charge is 0.242 e. The standard InChI is InChI=1S/C26H26N2O4/c1-19(26(30)27-16-22-12-13-23-24(14-22)32-18-31-23)28(17-21-10-6-3-7-11-21)25(29)15-20-8-4-2-5-9-20/h2-14,19H,15-18H2,1H3,(H,27,30)/t19-/m1/s1. The molecule has 1 heterocycles. The molecule has 1 N–H and O–H groups in total. The fourth-order valence-electron chi connectivity index (χ4n) is 3.62. The predicted molar refractivity (Wildman–Crippen MR) is 121 cm³/mol. The van der Waals surface area contributed by atoms with E-state index in [1.165, 1.54) is 0 Å². The van der Waals surface area contributed by atoms with Gasteiger partial charge in [-0.1, -0.05) is 66.7 Å². The fourth-order valence-corrected chi connectivity index (χ4v) is 3.62. The largest absolute Gasteiger partial charge is 0.454 e. The predicted octanol–water partition coefficient (Wildman–Crippen LogP) is 3.69. The van der Waals surface area contributed by atoms with Gasteiger partial charge in [-0.3, -0.25) is 9.59 Å². The van der Waals surface area contributed by atoms with Crippen LogP contribution in [0, 0.1) is 0 Å². The van der Waals surface area contributed by atoms with Crippen molar-refractivity contribution in [1.82, 2.24) is 10.2 Å². The Balaban J connectivity index is 1.44. The van der Waals surface area contributed by atoms with Crippen molar-refractivity contribution in [3.05, 3.63) is 95.6 Å². The average molecular weight is 431 g/mol. The van der Waals surface area contributed by atoms with E-state index in [2.05, 4.69) is 5.32 Å². The molecule has 4 rings (SSSR count). The molecule has 164 valence electrons. The maximum Gasteiger partial charge on any atom is 0.242 e. The number of hydrogen-bond acceptors (Lipinski definition) is 4. The summed E-state index contributed by atoms with van der Waals surface area (Å²) in [5, 5.41) is 2.95. The minimum absolute atomic E-state index is 0.0919. The zero-order valence-electron chi connectivity index (χ0n) is 18.0. The Labute approximate surface area is 187 Å². The van der Waals surface area contributed by atoms with Gasteiger partial charge in [-0.2, -0.15) is 0 Å². The third-order valence-electron chi connectivity index (χ3n) is 5.46. The Morgan fingerprint density at radius 3 is 2.25 bits per heavy atom. The first-order valence-electron chi connectivity index (χ1n) is 10.6. The van der Waals surface area contributed by atoms with Crippen molar-refractivity contribution in [3.63, 3.8) is 0 Å². The summed E-state index contributed by atoms with van der Waals surface area (Å²) < 4.78 is 10.7. The van der Waals surface area contributed by atoms with E-state index in [-0.39, 0.29) is 25.0 Å². The van der Waals surface area contributed by atoms with Crippen LogP contribution in [-0.4, -0.2) is 29.5 Å². The first-order valence-corrected chi connectivity index (χ1v) is 10.6. The van der Waals surface area contributed by atoms with Gasteiger partial charge in [-0.15, -0.1) is 0 Å². The molecule has 0 spiro atoms. The summed E-state index contributed by atoms with van der Waals surface area (Å²) in [6.07, 6.45) is 0.244. The summed E-state index contributed by atoms with van der Waals surface area (Å²) in [6, 6.07) is 24.2. The highest BCUT2D eigenvalue weighted by Crippen LogP contribution is 2.32. The van der Waals surface area contributed by atoms with Gasteiger partial charge in [0.15, 0.2) is 11.5 Å². The van der Waals surface area contributed by atoms with Gasteiger partial charge < -0.3 is 19.7 Å². The Bertz CT molecular complexity index is 1070. The number of amides is 2. The first-order chi connectivity index (χ1) is 15.6. The molecule has 1 aliphatic heterocycles. The van der Waals surface area contributed by atoms with Crippen LogP contribution >= 0.6 is 0 Å². The van der Waals surface area contributed by atoms with E-state index >= 15 is 0 Å². The quantitative estimate of drug-likeness (QED) is 0.592. The van der Waals surface area contributed by atoms with Crippen LogP contribution in [0.25, 0.3) is 0 Å². The summed E-state index contributed by atoms with van der Waals surface area (Å²) in [7, 11) is 0. The third-order valence-corrected chi connectivity index (χ3v) is 5.46. The summed E-state index contributed by atoms with van der Waals surface area (Å²) in [5.74, 6) is 1.08. The molecule has 1 atom stereocenters. The molecule has 0 saturated carbocycles. The van der Waals surface area contributed by atoms with Crippen LogP contribution in [0.5, 0.6) is 11.5 Å². The highest BCUT2D eigenvalue weighted by Gasteiger charge is 2.26. The number of carbonyl (C=O) groups excluding carboxylic acids is 2. The summed E-state index contributed by atoms with van der Waals surface area (Å²) >= 11 is 0. The van der Waals surface area contributed by atoms with E-state index in [1.807, 2.05) is 78.9 Å². The van der Waals surface area contributed by atoms with E-state index < -0.39 is 6.04 Å². The molecular weight excluding hydrogens is 404 g/mol. The van der Waals surface area contributed by atoms with Crippen LogP contribution in [0.1, 0.15) is 23.6 Å². The van der Waals surface area contributed by atoms with E-state index in [0.29, 0.717) is 24.6 Å². The number of carbonyl (C=O) groups is 2. The van der Waals surface area contributed by atoms with Crippen LogP contribution in [0.15, 0.2) is 78.9 Å². The number of hydrogen-bond donors (Lipinski definition) is 1. The lowest BCUT2D eigenvalue weighted by atomic mass is 10.1. The van der Waals surface area contributed by atoms with Crippen molar-refractivity contribution >= 4 is 11.8 Å². The average Bonchev–Trinajstić information content (AvgIpc) is 3.30. The molecule has 3 aromatic rings. The van der Waals surface area contributed by atoms with Crippen molar-refractivity contribution in [2.45, 2.75) is 32.5 Å². The number of ether oxygens (including phenoxy) is 2. The second kappa shape index (κ2) is 10.0. The van der Waals surface area contributed by atoms with Gasteiger partial charge in [-0.05, 0) is 35.7 Å². The summed E-state index contributed by atoms with van der Waals surface area (Å²) in [4.78, 5) is 27.8. The number of fused-ring (bicyclic) bond motifs is 1. The number of benzene rings is 3. The zero-order chi connectivity index (χ0) is 22.3. The maximum atomic E-state index is 13.2. The topological polar surface area (TPSA) is 67.9 Å². The van der Waals surface area contributed by atoms with Gasteiger partial charge in [0.2, 0.25) is 18.6 Å². The van der Waals surface area contributed by atoms with Gasteiger partial charge in [0.05, 0.1) is 6.42 Å². The second-order valence-corrected chi connectivity index (χ2v) is 7.75. The Morgan fingerprint density at radius 2 is 1.53 bits per heavy atom. The summed E-state index contributed by atoms with van der Waals surface area (Å²) in [6.45, 7) is 2.68. The molecule has 3 aromatic carbocycles. The van der Waals surface area contributed by atoms with Crippen LogP contribution < -0.4 is 14.8 Å². The molecule has 0 unspecified atom stereocenters. The molecule has 6 heteroatoms. The molecule has 1 aliphatic rings. The maximum absolute atomic E-state index is 13.2. The second-order valence-electron chi connectivity index (χ2n) is 7.75. The van der Waals surface area contributed by atoms with Crippen LogP contribution in [0.3, 0.4) is 0 Å². The molecule has 2 amide bonds. The molecule has 32 heavy (non-hydrogen) atoms. The van der Waals surface area contributed by atoms with Crippen LogP contribution in [0.4, 0.5) is 0 Å². The van der Waals surface area contributed by atoms with Crippen LogP contribution in [0.2, 0.25) is 0 Å². The fraction of sp³-hybridized carbons (Fsp3) is 0.231. The molecule has 0 radical (unpaired) electrons. The molecule has 0 saturated heterocycles. The van der Waals surface area contributed by atoms with Crippen molar-refractivity contribution in [1.29, 1.82) is 0 Å². The van der Waals surface area contributed by atoms with E-state index in [1.54, 1.807) is 11.8 Å². The Kier molecular flexibility index (Phi) is 6.70. The van der Waals surface area contributed by atoms with Gasteiger partial charge >= 0.3 is 0 Å². The zero-order valence-corrected chi connectivity index (χ0v) is 18.0. The molecule has 0 fully saturated rings. The van der Waals surface area contributed by atoms with E-state index in [4.69, 9.17) is 9.47 Å². The number of nitrogens with zero attached hydrogens (tertiary/aromatic N) is 1. The normalized spacial score (nSPS) is 12.8.